The molecule has 0 aromatic rings. The number of hydrogen-bond acceptors (Lipinski definition) is 25. The summed E-state index contributed by atoms with van der Waals surface area (Å²) in [4.78, 5) is 23.5. The Hall–Kier alpha value is -1.78. The predicted molar refractivity (Wildman–Crippen MR) is 178 cm³/mol. The van der Waals surface area contributed by atoms with Gasteiger partial charge in [0, 0.05) is 6.92 Å². The second kappa shape index (κ2) is 21.3. The largest absolute Gasteiger partial charge is 0.394 e. The molecule has 0 spiro atoms. The Labute approximate surface area is 329 Å². The van der Waals surface area contributed by atoms with E-state index in [0.29, 0.717) is 0 Å². The van der Waals surface area contributed by atoms with Gasteiger partial charge in [0.2, 0.25) is 5.91 Å². The van der Waals surface area contributed by atoms with Crippen LogP contribution in [0.15, 0.2) is 0 Å². The minimum atomic E-state index is -2.21. The number of aliphatic hydroxyl groups is 15. The van der Waals surface area contributed by atoms with Gasteiger partial charge in [0.05, 0.1) is 32.5 Å². The SMILES string of the molecule is CC(=O)N[C@H]1[C@H](O[C@H]2[C@@H](O)[C@@H](CO)O[C@@H](O[C@@H]([C@H](O)[C@@H](O)C=O)[C@H](O)CO)[C@@H]2O)O[C@H](CO)[C@@H](O[C@@H]2O[C@H](CO)[C@H](O)[C@H](O)[C@H]2O[C@@H]2O[C@@H](C)[C@@H](O)[C@@H](O)[C@@H]2O)[C@@H]1O. The lowest BCUT2D eigenvalue weighted by molar-refractivity contribution is -0.389. The molecule has 26 heteroatoms. The zero-order valence-electron chi connectivity index (χ0n) is 31.1. The van der Waals surface area contributed by atoms with Crippen LogP contribution < -0.4 is 5.32 Å². The van der Waals surface area contributed by atoms with Crippen LogP contribution in [0.1, 0.15) is 13.8 Å². The fourth-order valence-corrected chi connectivity index (χ4v) is 6.90. The minimum Gasteiger partial charge on any atom is -0.394 e. The number of carbonyl (C=O) groups excluding carboxylic acids is 2. The number of rotatable bonds is 17. The number of nitrogens with one attached hydrogen (secondary N) is 1. The van der Waals surface area contributed by atoms with Gasteiger partial charge in [-0.25, -0.2) is 0 Å². The summed E-state index contributed by atoms with van der Waals surface area (Å²) in [6.45, 7) is -1.67. The van der Waals surface area contributed by atoms with Crippen LogP contribution in [-0.2, 0) is 47.5 Å². The Balaban J connectivity index is 1.61. The lowest BCUT2D eigenvalue weighted by Gasteiger charge is -2.50. The summed E-state index contributed by atoms with van der Waals surface area (Å²) < 4.78 is 45.1. The van der Waals surface area contributed by atoms with Gasteiger partial charge in [-0.2, -0.15) is 0 Å². The van der Waals surface area contributed by atoms with Gasteiger partial charge < -0.3 is 125 Å². The lowest BCUT2D eigenvalue weighted by Crippen LogP contribution is -2.70. The zero-order valence-corrected chi connectivity index (χ0v) is 31.1. The summed E-state index contributed by atoms with van der Waals surface area (Å²) in [6, 6.07) is -1.75. The van der Waals surface area contributed by atoms with E-state index in [1.165, 1.54) is 6.92 Å². The number of hydrogen-bond donors (Lipinski definition) is 16. The highest BCUT2D eigenvalue weighted by Gasteiger charge is 2.56. The average molecular weight is 854 g/mol. The Morgan fingerprint density at radius 1 is 0.621 bits per heavy atom. The molecule has 0 aromatic heterocycles. The van der Waals surface area contributed by atoms with Crippen LogP contribution in [0.4, 0.5) is 0 Å². The van der Waals surface area contributed by atoms with Gasteiger partial charge >= 0.3 is 0 Å². The normalized spacial score (nSPS) is 45.8. The van der Waals surface area contributed by atoms with Crippen LogP contribution in [0.2, 0.25) is 0 Å². The molecule has 0 unspecified atom stereocenters. The van der Waals surface area contributed by atoms with Gasteiger partial charge in [0.1, 0.15) is 116 Å². The molecule has 4 heterocycles. The van der Waals surface area contributed by atoms with Crippen molar-refractivity contribution in [2.24, 2.45) is 0 Å². The second-order valence-corrected chi connectivity index (χ2v) is 14.3. The number of carbonyl (C=O) groups is 2. The molecule has 0 bridgehead atoms. The van der Waals surface area contributed by atoms with E-state index in [1.807, 2.05) is 0 Å². The van der Waals surface area contributed by atoms with Crippen molar-refractivity contribution in [3.63, 3.8) is 0 Å². The Kier molecular flexibility index (Phi) is 18.0. The van der Waals surface area contributed by atoms with Crippen LogP contribution in [0, 0.1) is 0 Å². The molecule has 0 aliphatic carbocycles. The molecule has 4 aliphatic rings. The molecular weight excluding hydrogens is 798 g/mol. The van der Waals surface area contributed by atoms with Gasteiger partial charge in [-0.15, -0.1) is 0 Å². The third-order valence-electron chi connectivity index (χ3n) is 10.2. The monoisotopic (exact) mass is 853 g/mol. The first-order chi connectivity index (χ1) is 27.3. The highest BCUT2D eigenvalue weighted by atomic mass is 16.8. The fourth-order valence-electron chi connectivity index (χ4n) is 6.90. The molecule has 0 aromatic carbocycles. The van der Waals surface area contributed by atoms with Crippen molar-refractivity contribution in [1.29, 1.82) is 0 Å². The van der Waals surface area contributed by atoms with E-state index in [4.69, 9.17) is 37.9 Å². The quantitative estimate of drug-likeness (QED) is 0.0604. The first kappa shape index (κ1) is 48.9. The van der Waals surface area contributed by atoms with Crippen molar-refractivity contribution in [3.8, 4) is 0 Å². The molecule has 24 atom stereocenters. The second-order valence-electron chi connectivity index (χ2n) is 14.3. The van der Waals surface area contributed by atoms with Crippen molar-refractivity contribution in [2.45, 2.75) is 161 Å². The van der Waals surface area contributed by atoms with Gasteiger partial charge in [-0.3, -0.25) is 4.79 Å². The van der Waals surface area contributed by atoms with Gasteiger partial charge in [0.15, 0.2) is 31.4 Å². The molecule has 4 rings (SSSR count). The topological polar surface area (TPSA) is 423 Å². The molecule has 0 radical (unpaired) electrons. The maximum atomic E-state index is 12.4. The summed E-state index contributed by atoms with van der Waals surface area (Å²) in [7, 11) is 0. The lowest BCUT2D eigenvalue weighted by atomic mass is 9.94. The highest BCUT2D eigenvalue weighted by molar-refractivity contribution is 5.73. The number of aldehydes is 1. The Morgan fingerprint density at radius 3 is 1.74 bits per heavy atom. The van der Waals surface area contributed by atoms with Crippen LogP contribution in [0.3, 0.4) is 0 Å². The van der Waals surface area contributed by atoms with E-state index >= 15 is 0 Å². The van der Waals surface area contributed by atoms with E-state index in [-0.39, 0.29) is 6.29 Å². The Bertz CT molecular complexity index is 1290. The predicted octanol–water partition coefficient (Wildman–Crippen LogP) is -10.9. The molecule has 4 saturated heterocycles. The summed E-state index contributed by atoms with van der Waals surface area (Å²) in [6.07, 6.45) is -43.3. The van der Waals surface area contributed by atoms with Crippen molar-refractivity contribution < 1.29 is 124 Å². The third kappa shape index (κ3) is 10.6. The van der Waals surface area contributed by atoms with Gasteiger partial charge in [-0.05, 0) is 6.92 Å². The average Bonchev–Trinajstić information content (AvgIpc) is 3.20. The van der Waals surface area contributed by atoms with Gasteiger partial charge in [0.25, 0.3) is 0 Å². The van der Waals surface area contributed by atoms with Crippen LogP contribution >= 0.6 is 0 Å². The zero-order chi connectivity index (χ0) is 43.3. The molecule has 58 heavy (non-hydrogen) atoms. The first-order valence-electron chi connectivity index (χ1n) is 18.2. The van der Waals surface area contributed by atoms with E-state index < -0.39 is 180 Å². The molecule has 4 aliphatic heterocycles. The molecule has 16 N–H and O–H groups in total. The molecular formula is C32H55NO25. The molecule has 338 valence electrons. The number of aliphatic hydroxyl groups excluding tert-OH is 15. The first-order valence-corrected chi connectivity index (χ1v) is 18.2. The summed E-state index contributed by atoms with van der Waals surface area (Å²) in [5.74, 6) is -0.833. The fraction of sp³-hybridized carbons (Fsp3) is 0.938. The molecule has 4 fully saturated rings. The summed E-state index contributed by atoms with van der Waals surface area (Å²) in [5.41, 5.74) is 0. The van der Waals surface area contributed by atoms with Crippen molar-refractivity contribution in [2.75, 3.05) is 26.4 Å². The maximum absolute atomic E-state index is 12.4. The summed E-state index contributed by atoms with van der Waals surface area (Å²) in [5, 5.41) is 159. The Morgan fingerprint density at radius 2 is 1.17 bits per heavy atom. The highest BCUT2D eigenvalue weighted by Crippen LogP contribution is 2.35. The summed E-state index contributed by atoms with van der Waals surface area (Å²) >= 11 is 0. The standard InChI is InChI=1S/C32H55NO25/c1-8-16(42)21(47)23(49)30(51-8)58-28-22(48)18(44)12(5-36)53-32(28)56-26-14(7-38)54-29(15(20(26)46)33-9(2)39)57-27-19(45)13(6-37)52-31(24(27)50)55-25(11(41)4-35)17(43)10(40)3-34/h3,8,10-32,35-38,40-50H,4-7H2,1-2H3,(H,33,39)/t8-,10-,11+,12+,13+,14+,15+,16+,17+,18-,19-,20+,21+,22-,23-,24+,25+,26+,27-,28+,29-,30-,31-,32-/m0/s1. The van der Waals surface area contributed by atoms with E-state index in [2.05, 4.69) is 5.32 Å². The number of ether oxygens (including phenoxy) is 8. The number of amides is 1. The van der Waals surface area contributed by atoms with Crippen LogP contribution in [0.25, 0.3) is 0 Å². The van der Waals surface area contributed by atoms with E-state index in [0.717, 1.165) is 6.92 Å². The van der Waals surface area contributed by atoms with Crippen LogP contribution in [0.5, 0.6) is 0 Å². The van der Waals surface area contributed by atoms with Crippen molar-refractivity contribution in [1.82, 2.24) is 5.32 Å². The van der Waals surface area contributed by atoms with Gasteiger partial charge in [-0.1, -0.05) is 0 Å². The molecule has 26 nitrogen and oxygen atoms in total. The third-order valence-corrected chi connectivity index (χ3v) is 10.2. The van der Waals surface area contributed by atoms with Crippen molar-refractivity contribution >= 4 is 12.2 Å². The van der Waals surface area contributed by atoms with E-state index in [9.17, 15) is 86.2 Å². The van der Waals surface area contributed by atoms with E-state index in [1.54, 1.807) is 0 Å². The smallest absolute Gasteiger partial charge is 0.217 e. The minimum absolute atomic E-state index is 0.116. The van der Waals surface area contributed by atoms with Crippen molar-refractivity contribution in [3.05, 3.63) is 0 Å². The molecule has 0 saturated carbocycles. The molecule has 1 amide bonds. The maximum Gasteiger partial charge on any atom is 0.217 e. The van der Waals surface area contributed by atoms with Crippen LogP contribution in [-0.4, -0.2) is 262 Å².